The van der Waals surface area contributed by atoms with Crippen molar-refractivity contribution in [3.63, 3.8) is 0 Å². The van der Waals surface area contributed by atoms with Gasteiger partial charge in [0.05, 0.1) is 33.1 Å². The fourth-order valence-corrected chi connectivity index (χ4v) is 4.20. The predicted octanol–water partition coefficient (Wildman–Crippen LogP) is 3.21. The summed E-state index contributed by atoms with van der Waals surface area (Å²) in [6, 6.07) is 8.28. The molecule has 2 aromatic rings. The molecular formula is C23H33N5O3. The molecule has 1 saturated heterocycles. The number of benzene rings is 1. The second-order valence-corrected chi connectivity index (χ2v) is 8.27. The quantitative estimate of drug-likeness (QED) is 0.663. The Balaban J connectivity index is 1.36. The van der Waals surface area contributed by atoms with Gasteiger partial charge in [-0.25, -0.2) is 4.98 Å². The second-order valence-electron chi connectivity index (χ2n) is 8.27. The van der Waals surface area contributed by atoms with Crippen molar-refractivity contribution in [1.82, 2.24) is 9.97 Å². The minimum Gasteiger partial charge on any atom is -0.490 e. The van der Waals surface area contributed by atoms with Gasteiger partial charge in [-0.1, -0.05) is 0 Å². The summed E-state index contributed by atoms with van der Waals surface area (Å²) >= 11 is 0. The fraction of sp³-hybridized carbons (Fsp3) is 0.565. The molecule has 31 heavy (non-hydrogen) atoms. The number of ether oxygens (including phenoxy) is 3. The fourth-order valence-electron chi connectivity index (χ4n) is 4.20. The molecule has 1 aliphatic carbocycles. The van der Waals surface area contributed by atoms with E-state index < -0.39 is 0 Å². The van der Waals surface area contributed by atoms with Crippen molar-refractivity contribution >= 4 is 17.3 Å². The molecule has 8 heteroatoms. The van der Waals surface area contributed by atoms with E-state index >= 15 is 0 Å². The molecule has 4 rings (SSSR count). The average Bonchev–Trinajstić information content (AvgIpc) is 2.84. The molecule has 0 spiro atoms. The molecule has 1 aromatic carbocycles. The van der Waals surface area contributed by atoms with E-state index in [2.05, 4.69) is 32.3 Å². The Labute approximate surface area is 184 Å². The number of aromatic nitrogens is 2. The van der Waals surface area contributed by atoms with Gasteiger partial charge >= 0.3 is 0 Å². The highest BCUT2D eigenvalue weighted by Crippen LogP contribution is 2.31. The predicted molar refractivity (Wildman–Crippen MR) is 121 cm³/mol. The lowest BCUT2D eigenvalue weighted by atomic mass is 9.82. The maximum Gasteiger partial charge on any atom is 0.262 e. The van der Waals surface area contributed by atoms with Crippen molar-refractivity contribution in [2.24, 2.45) is 17.6 Å². The molecule has 0 amide bonds. The molecule has 1 saturated carbocycles. The van der Waals surface area contributed by atoms with Crippen LogP contribution >= 0.6 is 0 Å². The van der Waals surface area contributed by atoms with E-state index in [4.69, 9.17) is 19.9 Å². The molecule has 2 aliphatic rings. The number of methoxy groups -OCH3 is 1. The van der Waals surface area contributed by atoms with E-state index in [1.807, 2.05) is 12.1 Å². The maximum atomic E-state index is 6.05. The molecule has 1 aliphatic heterocycles. The number of hydrogen-bond donors (Lipinski definition) is 2. The van der Waals surface area contributed by atoms with Crippen molar-refractivity contribution in [2.75, 3.05) is 56.8 Å². The van der Waals surface area contributed by atoms with Crippen LogP contribution in [0.5, 0.6) is 11.6 Å². The zero-order valence-corrected chi connectivity index (χ0v) is 18.3. The van der Waals surface area contributed by atoms with Gasteiger partial charge in [-0.2, -0.15) is 4.98 Å². The van der Waals surface area contributed by atoms with Crippen LogP contribution in [0.1, 0.15) is 25.7 Å². The number of nitrogens with one attached hydrogen (secondary N) is 1. The summed E-state index contributed by atoms with van der Waals surface area (Å²) in [4.78, 5) is 11.2. The van der Waals surface area contributed by atoms with E-state index in [0.29, 0.717) is 36.0 Å². The summed E-state index contributed by atoms with van der Waals surface area (Å²) in [5.74, 6) is 2.71. The first-order chi connectivity index (χ1) is 15.2. The molecule has 2 heterocycles. The highest BCUT2D eigenvalue weighted by Gasteiger charge is 2.21. The number of nitrogens with two attached hydrogens (primary N) is 1. The van der Waals surface area contributed by atoms with Gasteiger partial charge in [0.15, 0.2) is 5.75 Å². The van der Waals surface area contributed by atoms with Crippen LogP contribution in [0.25, 0.3) is 0 Å². The zero-order valence-electron chi connectivity index (χ0n) is 18.3. The number of hydrogen-bond acceptors (Lipinski definition) is 8. The van der Waals surface area contributed by atoms with Crippen molar-refractivity contribution in [1.29, 1.82) is 0 Å². The van der Waals surface area contributed by atoms with Crippen LogP contribution in [0.15, 0.2) is 30.5 Å². The van der Waals surface area contributed by atoms with E-state index in [-0.39, 0.29) is 0 Å². The van der Waals surface area contributed by atoms with Gasteiger partial charge in [-0.05, 0) is 68.3 Å². The molecule has 168 valence electrons. The SMILES string of the molecule is COc1cnc(Nc2ccc(N3CCOCC3)cc2)nc1OCC1CCC(CN)CC1. The first-order valence-electron chi connectivity index (χ1n) is 11.2. The third-order valence-corrected chi connectivity index (χ3v) is 6.20. The van der Waals surface area contributed by atoms with Gasteiger partial charge in [0.1, 0.15) is 0 Å². The summed E-state index contributed by atoms with van der Waals surface area (Å²) in [5, 5.41) is 3.26. The lowest BCUT2D eigenvalue weighted by molar-refractivity contribution is 0.122. The maximum absolute atomic E-state index is 6.05. The molecule has 3 N–H and O–H groups in total. The van der Waals surface area contributed by atoms with E-state index in [9.17, 15) is 0 Å². The summed E-state index contributed by atoms with van der Waals surface area (Å²) in [6.07, 6.45) is 6.31. The largest absolute Gasteiger partial charge is 0.490 e. The van der Waals surface area contributed by atoms with Crippen molar-refractivity contribution in [3.8, 4) is 11.6 Å². The van der Waals surface area contributed by atoms with Gasteiger partial charge in [-0.3, -0.25) is 0 Å². The first-order valence-corrected chi connectivity index (χ1v) is 11.2. The topological polar surface area (TPSA) is 94.8 Å². The average molecular weight is 428 g/mol. The number of nitrogens with zero attached hydrogens (tertiary/aromatic N) is 3. The smallest absolute Gasteiger partial charge is 0.262 e. The molecule has 2 fully saturated rings. The Bertz CT molecular complexity index is 818. The Kier molecular flexibility index (Phi) is 7.43. The van der Waals surface area contributed by atoms with Crippen LogP contribution < -0.4 is 25.4 Å². The summed E-state index contributed by atoms with van der Waals surface area (Å²) in [6.45, 7) is 4.81. The zero-order chi connectivity index (χ0) is 21.5. The van der Waals surface area contributed by atoms with Crippen LogP contribution in [0, 0.1) is 11.8 Å². The van der Waals surface area contributed by atoms with Crippen LogP contribution in [-0.2, 0) is 4.74 Å². The lowest BCUT2D eigenvalue weighted by Gasteiger charge is -2.28. The standard InChI is InChI=1S/C23H33N5O3/c1-29-21-15-25-23(27-22(21)31-16-18-4-2-17(14-24)3-5-18)26-19-6-8-20(9-7-19)28-10-12-30-13-11-28/h6-9,15,17-18H,2-5,10-14,16,24H2,1H3,(H,25,26,27). The molecule has 0 unspecified atom stereocenters. The van der Waals surface area contributed by atoms with Gasteiger partial charge in [-0.15, -0.1) is 0 Å². The van der Waals surface area contributed by atoms with Crippen LogP contribution in [0.2, 0.25) is 0 Å². The summed E-state index contributed by atoms with van der Waals surface area (Å²) in [5.41, 5.74) is 7.92. The van der Waals surface area contributed by atoms with Crippen molar-refractivity contribution in [2.45, 2.75) is 25.7 Å². The molecule has 0 radical (unpaired) electrons. The number of anilines is 3. The third-order valence-electron chi connectivity index (χ3n) is 6.20. The van der Waals surface area contributed by atoms with Crippen LogP contribution in [-0.4, -0.2) is 56.5 Å². The molecule has 8 nitrogen and oxygen atoms in total. The van der Waals surface area contributed by atoms with Gasteiger partial charge < -0.3 is 30.2 Å². The number of morpholine rings is 1. The second kappa shape index (κ2) is 10.6. The Morgan fingerprint density at radius 2 is 1.81 bits per heavy atom. The van der Waals surface area contributed by atoms with Gasteiger partial charge in [0.2, 0.25) is 5.95 Å². The van der Waals surface area contributed by atoms with Crippen molar-refractivity contribution < 1.29 is 14.2 Å². The first kappa shape index (κ1) is 21.6. The highest BCUT2D eigenvalue weighted by atomic mass is 16.5. The Morgan fingerprint density at radius 1 is 1.10 bits per heavy atom. The van der Waals surface area contributed by atoms with Crippen LogP contribution in [0.4, 0.5) is 17.3 Å². The van der Waals surface area contributed by atoms with Gasteiger partial charge in [0.25, 0.3) is 5.88 Å². The Morgan fingerprint density at radius 3 is 2.48 bits per heavy atom. The summed E-state index contributed by atoms with van der Waals surface area (Å²) in [7, 11) is 1.61. The Hall–Kier alpha value is -2.58. The third kappa shape index (κ3) is 5.77. The van der Waals surface area contributed by atoms with E-state index in [0.717, 1.165) is 51.4 Å². The minimum absolute atomic E-state index is 0.478. The molecule has 0 bridgehead atoms. The molecule has 1 aromatic heterocycles. The molecular weight excluding hydrogens is 394 g/mol. The molecule has 0 atom stereocenters. The normalized spacial score (nSPS) is 21.5. The monoisotopic (exact) mass is 427 g/mol. The van der Waals surface area contributed by atoms with Crippen LogP contribution in [0.3, 0.4) is 0 Å². The highest BCUT2D eigenvalue weighted by molar-refractivity contribution is 5.60. The summed E-state index contributed by atoms with van der Waals surface area (Å²) < 4.78 is 16.9. The number of rotatable bonds is 8. The minimum atomic E-state index is 0.478. The lowest BCUT2D eigenvalue weighted by Crippen LogP contribution is -2.36. The van der Waals surface area contributed by atoms with Gasteiger partial charge in [0, 0.05) is 24.5 Å². The van der Waals surface area contributed by atoms with E-state index in [1.54, 1.807) is 13.3 Å². The van der Waals surface area contributed by atoms with Crippen molar-refractivity contribution in [3.05, 3.63) is 30.5 Å². The van der Waals surface area contributed by atoms with E-state index in [1.165, 1.54) is 18.5 Å².